The normalized spacial score (nSPS) is 13.8. The second-order valence-corrected chi connectivity index (χ2v) is 10.1. The molecule has 0 fully saturated rings. The third-order valence-electron chi connectivity index (χ3n) is 5.78. The van der Waals surface area contributed by atoms with Gasteiger partial charge in [0.05, 0.1) is 19.6 Å². The van der Waals surface area contributed by atoms with Crippen LogP contribution in [0.2, 0.25) is 0 Å². The van der Waals surface area contributed by atoms with E-state index in [1.807, 2.05) is 0 Å². The highest BCUT2D eigenvalue weighted by Gasteiger charge is 2.26. The van der Waals surface area contributed by atoms with Crippen LogP contribution in [0.15, 0.2) is 0 Å². The monoisotopic (exact) mass is 473 g/mol. The molecule has 188 valence electrons. The number of carbonyl (C=O) groups excluding carboxylic acids is 3. The number of esters is 2. The van der Waals surface area contributed by atoms with E-state index in [-0.39, 0.29) is 24.3 Å². The van der Waals surface area contributed by atoms with Crippen LogP contribution in [0.25, 0.3) is 0 Å². The molecule has 0 aliphatic rings. The molecule has 0 spiro atoms. The van der Waals surface area contributed by atoms with Crippen LogP contribution in [-0.2, 0) is 23.9 Å². The third kappa shape index (κ3) is 14.8. The SMILES string of the molecule is CCCCC(CC)COC(=O)CC(SCCC(=O)N(C)C)C(=O)OCC(CC)CCCC. The van der Waals surface area contributed by atoms with Crippen molar-refractivity contribution in [2.45, 2.75) is 97.2 Å². The van der Waals surface area contributed by atoms with Crippen molar-refractivity contribution in [1.82, 2.24) is 4.90 Å². The molecule has 0 N–H and O–H groups in total. The van der Waals surface area contributed by atoms with Crippen LogP contribution < -0.4 is 0 Å². The molecule has 3 atom stereocenters. The lowest BCUT2D eigenvalue weighted by molar-refractivity contribution is -0.151. The van der Waals surface area contributed by atoms with Crippen molar-refractivity contribution in [3.05, 3.63) is 0 Å². The molecule has 6 nitrogen and oxygen atoms in total. The first-order chi connectivity index (χ1) is 15.3. The molecule has 1 amide bonds. The highest BCUT2D eigenvalue weighted by molar-refractivity contribution is 8.00. The highest BCUT2D eigenvalue weighted by Crippen LogP contribution is 2.21. The number of amides is 1. The van der Waals surface area contributed by atoms with E-state index in [1.165, 1.54) is 16.7 Å². The number of hydrogen-bond donors (Lipinski definition) is 0. The van der Waals surface area contributed by atoms with Gasteiger partial charge in [-0.25, -0.2) is 0 Å². The molecule has 0 rings (SSSR count). The summed E-state index contributed by atoms with van der Waals surface area (Å²) in [4.78, 5) is 38.6. The molecule has 7 heteroatoms. The number of thioether (sulfide) groups is 1. The summed E-state index contributed by atoms with van der Waals surface area (Å²) in [5.74, 6) is 0.419. The lowest BCUT2D eigenvalue weighted by atomic mass is 10.0. The average molecular weight is 474 g/mol. The van der Waals surface area contributed by atoms with Crippen LogP contribution in [0.3, 0.4) is 0 Å². The third-order valence-corrected chi connectivity index (χ3v) is 6.98. The van der Waals surface area contributed by atoms with E-state index in [1.54, 1.807) is 14.1 Å². The van der Waals surface area contributed by atoms with Crippen LogP contribution in [0, 0.1) is 11.8 Å². The summed E-state index contributed by atoms with van der Waals surface area (Å²) in [7, 11) is 3.42. The van der Waals surface area contributed by atoms with Crippen LogP contribution in [-0.4, -0.2) is 61.1 Å². The quantitative estimate of drug-likeness (QED) is 0.231. The summed E-state index contributed by atoms with van der Waals surface area (Å²) in [6.07, 6.45) is 8.79. The topological polar surface area (TPSA) is 72.9 Å². The Morgan fingerprint density at radius 3 is 1.84 bits per heavy atom. The Hall–Kier alpha value is -1.24. The molecule has 0 heterocycles. The summed E-state index contributed by atoms with van der Waals surface area (Å²) in [5, 5.41) is -0.642. The van der Waals surface area contributed by atoms with Crippen molar-refractivity contribution < 1.29 is 23.9 Å². The summed E-state index contributed by atoms with van der Waals surface area (Å²) in [6.45, 7) is 9.29. The maximum atomic E-state index is 12.8. The second-order valence-electron chi connectivity index (χ2n) is 8.75. The Kier molecular flexibility index (Phi) is 18.5. The predicted octanol–water partition coefficient (Wildman–Crippen LogP) is 5.48. The van der Waals surface area contributed by atoms with Gasteiger partial charge in [-0.1, -0.05) is 66.2 Å². The summed E-state index contributed by atoms with van der Waals surface area (Å²) in [6, 6.07) is 0. The number of ether oxygens (including phenoxy) is 2. The number of nitrogens with zero attached hydrogens (tertiary/aromatic N) is 1. The number of rotatable bonds is 19. The zero-order chi connectivity index (χ0) is 24.4. The van der Waals surface area contributed by atoms with Gasteiger partial charge in [0.25, 0.3) is 0 Å². The van der Waals surface area contributed by atoms with Crippen LogP contribution in [0.4, 0.5) is 0 Å². The first-order valence-electron chi connectivity index (χ1n) is 12.4. The summed E-state index contributed by atoms with van der Waals surface area (Å²) in [5.41, 5.74) is 0. The number of unbranched alkanes of at least 4 members (excludes halogenated alkanes) is 2. The van der Waals surface area contributed by atoms with Crippen molar-refractivity contribution in [3.63, 3.8) is 0 Å². The van der Waals surface area contributed by atoms with E-state index >= 15 is 0 Å². The molecule has 0 aliphatic carbocycles. The van der Waals surface area contributed by atoms with Gasteiger partial charge in [0.2, 0.25) is 5.91 Å². The molecule has 0 aromatic heterocycles. The molecule has 0 radical (unpaired) electrons. The number of carbonyl (C=O) groups is 3. The van der Waals surface area contributed by atoms with Gasteiger partial charge in [0.15, 0.2) is 0 Å². The van der Waals surface area contributed by atoms with E-state index in [4.69, 9.17) is 9.47 Å². The van der Waals surface area contributed by atoms with E-state index in [9.17, 15) is 14.4 Å². The standard InChI is InChI=1S/C25H47NO5S/c1-7-11-13-20(9-3)18-30-24(28)17-22(32-16-15-23(27)26(5)6)25(29)31-19-21(10-4)14-12-8-2/h20-22H,7-19H2,1-6H3. The fraction of sp³-hybridized carbons (Fsp3) is 0.880. The first-order valence-corrected chi connectivity index (χ1v) is 13.5. The predicted molar refractivity (Wildman–Crippen MR) is 133 cm³/mol. The van der Waals surface area contributed by atoms with Gasteiger partial charge >= 0.3 is 11.9 Å². The molecule has 0 bridgehead atoms. The zero-order valence-electron chi connectivity index (χ0n) is 21.3. The Labute approximate surface area is 200 Å². The minimum absolute atomic E-state index is 0.000446. The molecular formula is C25H47NO5S. The van der Waals surface area contributed by atoms with E-state index < -0.39 is 5.25 Å². The fourth-order valence-corrected chi connectivity index (χ4v) is 4.27. The van der Waals surface area contributed by atoms with E-state index in [0.29, 0.717) is 37.2 Å². The first kappa shape index (κ1) is 30.8. The van der Waals surface area contributed by atoms with Gasteiger partial charge in [-0.2, -0.15) is 0 Å². The molecule has 0 aromatic carbocycles. The molecule has 0 aliphatic heterocycles. The maximum absolute atomic E-state index is 12.8. The van der Waals surface area contributed by atoms with Gasteiger partial charge < -0.3 is 14.4 Å². The minimum Gasteiger partial charge on any atom is -0.465 e. The van der Waals surface area contributed by atoms with Gasteiger partial charge in [-0.3, -0.25) is 14.4 Å². The fourth-order valence-electron chi connectivity index (χ4n) is 3.23. The molecule has 0 saturated heterocycles. The lowest BCUT2D eigenvalue weighted by Crippen LogP contribution is -2.28. The van der Waals surface area contributed by atoms with Gasteiger partial charge in [-0.15, -0.1) is 11.8 Å². The van der Waals surface area contributed by atoms with Crippen molar-refractivity contribution in [1.29, 1.82) is 0 Å². The lowest BCUT2D eigenvalue weighted by Gasteiger charge is -2.20. The van der Waals surface area contributed by atoms with Crippen LogP contribution >= 0.6 is 11.8 Å². The largest absolute Gasteiger partial charge is 0.465 e. The molecule has 3 unspecified atom stereocenters. The second kappa shape index (κ2) is 19.2. The molecule has 32 heavy (non-hydrogen) atoms. The smallest absolute Gasteiger partial charge is 0.319 e. The molecular weight excluding hydrogens is 426 g/mol. The summed E-state index contributed by atoms with van der Waals surface area (Å²) < 4.78 is 11.1. The van der Waals surface area contributed by atoms with E-state index in [2.05, 4.69) is 27.7 Å². The molecule has 0 saturated carbocycles. The van der Waals surface area contributed by atoms with Crippen molar-refractivity contribution >= 4 is 29.6 Å². The minimum atomic E-state index is -0.642. The summed E-state index contributed by atoms with van der Waals surface area (Å²) >= 11 is 1.31. The average Bonchev–Trinajstić information content (AvgIpc) is 2.78. The Balaban J connectivity index is 4.83. The van der Waals surface area contributed by atoms with Gasteiger partial charge in [0.1, 0.15) is 5.25 Å². The maximum Gasteiger partial charge on any atom is 0.319 e. The molecule has 0 aromatic rings. The Bertz CT molecular complexity index is 526. The van der Waals surface area contributed by atoms with Crippen molar-refractivity contribution in [2.24, 2.45) is 11.8 Å². The van der Waals surface area contributed by atoms with Gasteiger partial charge in [-0.05, 0) is 24.7 Å². The van der Waals surface area contributed by atoms with Gasteiger partial charge in [0, 0.05) is 26.3 Å². The van der Waals surface area contributed by atoms with Crippen molar-refractivity contribution in [3.8, 4) is 0 Å². The highest BCUT2D eigenvalue weighted by atomic mass is 32.2. The van der Waals surface area contributed by atoms with E-state index in [0.717, 1.165) is 51.4 Å². The zero-order valence-corrected chi connectivity index (χ0v) is 22.1. The van der Waals surface area contributed by atoms with Crippen molar-refractivity contribution in [2.75, 3.05) is 33.1 Å². The number of hydrogen-bond acceptors (Lipinski definition) is 6. The van der Waals surface area contributed by atoms with Crippen LogP contribution in [0.1, 0.15) is 91.9 Å². The Morgan fingerprint density at radius 1 is 0.844 bits per heavy atom. The van der Waals surface area contributed by atoms with Crippen LogP contribution in [0.5, 0.6) is 0 Å². The Morgan fingerprint density at radius 2 is 1.38 bits per heavy atom.